The summed E-state index contributed by atoms with van der Waals surface area (Å²) in [5.41, 5.74) is -1.95. The Morgan fingerprint density at radius 1 is 1.25 bits per heavy atom. The standard InChI is InChI=1S/C21H20F3N3O5/c1-9(2)26-6-11-7-32-8-13-14(18(28)19(29)17(21(26)31)27(11)13)20(30)25-5-10-3-4-12(22)16(24)15(10)23/h3-4,9,11,29H,5-8H2,1-2H3,(H,25,30)/t11-/m1/s1. The van der Waals surface area contributed by atoms with Gasteiger partial charge < -0.3 is 24.6 Å². The van der Waals surface area contributed by atoms with Crippen molar-refractivity contribution in [2.45, 2.75) is 39.1 Å². The van der Waals surface area contributed by atoms with E-state index in [4.69, 9.17) is 4.74 Å². The second-order valence-electron chi connectivity index (χ2n) is 7.96. The molecule has 32 heavy (non-hydrogen) atoms. The summed E-state index contributed by atoms with van der Waals surface area (Å²) < 4.78 is 47.4. The monoisotopic (exact) mass is 451 g/mol. The van der Waals surface area contributed by atoms with Crippen LogP contribution >= 0.6 is 0 Å². The second-order valence-corrected chi connectivity index (χ2v) is 7.96. The van der Waals surface area contributed by atoms with Gasteiger partial charge in [-0.05, 0) is 19.9 Å². The molecular weight excluding hydrogens is 431 g/mol. The van der Waals surface area contributed by atoms with Gasteiger partial charge in [0.2, 0.25) is 5.43 Å². The molecule has 8 nitrogen and oxygen atoms in total. The van der Waals surface area contributed by atoms with Crippen molar-refractivity contribution in [2.75, 3.05) is 13.2 Å². The molecule has 2 amide bonds. The summed E-state index contributed by atoms with van der Waals surface area (Å²) in [5.74, 6) is -6.88. The number of nitrogens with zero attached hydrogens (tertiary/aromatic N) is 2. The molecular formula is C21H20F3N3O5. The zero-order valence-electron chi connectivity index (χ0n) is 17.2. The van der Waals surface area contributed by atoms with Crippen LogP contribution in [0.15, 0.2) is 16.9 Å². The van der Waals surface area contributed by atoms with Crippen LogP contribution in [-0.2, 0) is 17.9 Å². The number of hydrogen-bond acceptors (Lipinski definition) is 5. The van der Waals surface area contributed by atoms with Gasteiger partial charge in [-0.2, -0.15) is 0 Å². The van der Waals surface area contributed by atoms with E-state index in [1.807, 2.05) is 0 Å². The highest BCUT2D eigenvalue weighted by Crippen LogP contribution is 2.33. The molecule has 1 aromatic heterocycles. The van der Waals surface area contributed by atoms with Gasteiger partial charge in [-0.15, -0.1) is 0 Å². The molecule has 2 N–H and O–H groups in total. The molecule has 170 valence electrons. The molecule has 0 radical (unpaired) electrons. The van der Waals surface area contributed by atoms with Crippen molar-refractivity contribution in [3.8, 4) is 5.75 Å². The Balaban J connectivity index is 1.74. The van der Waals surface area contributed by atoms with Gasteiger partial charge in [-0.3, -0.25) is 14.4 Å². The first-order valence-electron chi connectivity index (χ1n) is 9.93. The van der Waals surface area contributed by atoms with Gasteiger partial charge in [0.15, 0.2) is 28.9 Å². The first kappa shape index (κ1) is 21.9. The van der Waals surface area contributed by atoms with E-state index >= 15 is 0 Å². The van der Waals surface area contributed by atoms with Crippen LogP contribution in [0.3, 0.4) is 0 Å². The second kappa shape index (κ2) is 7.97. The molecule has 0 aliphatic carbocycles. The molecule has 0 bridgehead atoms. The van der Waals surface area contributed by atoms with Gasteiger partial charge >= 0.3 is 0 Å². The third-order valence-corrected chi connectivity index (χ3v) is 5.68. The largest absolute Gasteiger partial charge is 0.503 e. The predicted molar refractivity (Wildman–Crippen MR) is 105 cm³/mol. The lowest BCUT2D eigenvalue weighted by molar-refractivity contribution is 0.0192. The Labute approximate surface area is 180 Å². The highest BCUT2D eigenvalue weighted by Gasteiger charge is 2.41. The van der Waals surface area contributed by atoms with Crippen molar-refractivity contribution >= 4 is 11.8 Å². The van der Waals surface area contributed by atoms with Crippen molar-refractivity contribution < 1.29 is 32.6 Å². The normalized spacial score (nSPS) is 17.5. The molecule has 2 aliphatic rings. The van der Waals surface area contributed by atoms with E-state index in [9.17, 15) is 32.7 Å². The molecule has 1 atom stereocenters. The van der Waals surface area contributed by atoms with Gasteiger partial charge in [-0.25, -0.2) is 13.2 Å². The van der Waals surface area contributed by atoms with Gasteiger partial charge in [0.05, 0.1) is 24.9 Å². The number of ether oxygens (including phenoxy) is 1. The maximum Gasteiger partial charge on any atom is 0.274 e. The van der Waals surface area contributed by atoms with E-state index < -0.39 is 58.6 Å². The van der Waals surface area contributed by atoms with E-state index in [0.717, 1.165) is 6.07 Å². The lowest BCUT2D eigenvalue weighted by Gasteiger charge is -2.41. The lowest BCUT2D eigenvalue weighted by Crippen LogP contribution is -2.51. The minimum Gasteiger partial charge on any atom is -0.503 e. The molecule has 0 unspecified atom stereocenters. The molecule has 0 spiro atoms. The summed E-state index contributed by atoms with van der Waals surface area (Å²) in [6.45, 7) is 3.38. The summed E-state index contributed by atoms with van der Waals surface area (Å²) in [4.78, 5) is 40.1. The van der Waals surface area contributed by atoms with Gasteiger partial charge in [0.25, 0.3) is 11.8 Å². The smallest absolute Gasteiger partial charge is 0.274 e. The SMILES string of the molecule is CC(C)N1C[C@@H]2COCc3c(C(=O)NCc4ccc(F)c(F)c4F)c(=O)c(O)c(n32)C1=O. The lowest BCUT2D eigenvalue weighted by atomic mass is 10.0. The van der Waals surface area contributed by atoms with Crippen LogP contribution in [0.2, 0.25) is 0 Å². The summed E-state index contributed by atoms with van der Waals surface area (Å²) >= 11 is 0. The number of pyridine rings is 1. The molecule has 3 heterocycles. The van der Waals surface area contributed by atoms with Gasteiger partial charge in [0.1, 0.15) is 5.56 Å². The summed E-state index contributed by atoms with van der Waals surface area (Å²) in [7, 11) is 0. The molecule has 2 aliphatic heterocycles. The van der Waals surface area contributed by atoms with Crippen LogP contribution in [0.5, 0.6) is 5.75 Å². The Morgan fingerprint density at radius 3 is 2.66 bits per heavy atom. The van der Waals surface area contributed by atoms with E-state index in [1.54, 1.807) is 13.8 Å². The van der Waals surface area contributed by atoms with Gasteiger partial charge in [0, 0.05) is 24.7 Å². The molecule has 2 aromatic rings. The zero-order chi connectivity index (χ0) is 23.3. The number of carbonyl (C=O) groups excluding carboxylic acids is 2. The summed E-state index contributed by atoms with van der Waals surface area (Å²) in [6, 6.07) is 1.07. The fourth-order valence-electron chi connectivity index (χ4n) is 4.07. The minimum absolute atomic E-state index is 0.110. The number of rotatable bonds is 4. The molecule has 0 fully saturated rings. The Hall–Kier alpha value is -3.34. The minimum atomic E-state index is -1.68. The molecule has 0 saturated heterocycles. The molecule has 0 saturated carbocycles. The molecule has 11 heteroatoms. The number of benzene rings is 1. The maximum atomic E-state index is 13.9. The van der Waals surface area contributed by atoms with Crippen molar-refractivity contribution in [1.82, 2.24) is 14.8 Å². The fourth-order valence-corrected chi connectivity index (χ4v) is 4.07. The van der Waals surface area contributed by atoms with Crippen LogP contribution in [0, 0.1) is 17.5 Å². The van der Waals surface area contributed by atoms with Crippen LogP contribution < -0.4 is 10.7 Å². The number of amides is 2. The van der Waals surface area contributed by atoms with Crippen molar-refractivity contribution in [3.63, 3.8) is 0 Å². The number of aromatic hydroxyl groups is 1. The van der Waals surface area contributed by atoms with Gasteiger partial charge in [-0.1, -0.05) is 6.07 Å². The number of aromatic nitrogens is 1. The van der Waals surface area contributed by atoms with E-state index in [2.05, 4.69) is 5.32 Å². The number of carbonyl (C=O) groups is 2. The Morgan fingerprint density at radius 2 is 1.97 bits per heavy atom. The topological polar surface area (TPSA) is 101 Å². The average molecular weight is 451 g/mol. The highest BCUT2D eigenvalue weighted by atomic mass is 19.2. The fraction of sp³-hybridized carbons (Fsp3) is 0.381. The summed E-state index contributed by atoms with van der Waals surface area (Å²) in [6.07, 6.45) is 0. The van der Waals surface area contributed by atoms with E-state index in [1.165, 1.54) is 9.47 Å². The number of nitrogens with one attached hydrogen (secondary N) is 1. The first-order valence-corrected chi connectivity index (χ1v) is 9.93. The Bertz CT molecular complexity index is 1190. The maximum absolute atomic E-state index is 13.9. The zero-order valence-corrected chi connectivity index (χ0v) is 17.2. The predicted octanol–water partition coefficient (Wildman–Crippen LogP) is 1.84. The quantitative estimate of drug-likeness (QED) is 0.691. The van der Waals surface area contributed by atoms with Crippen molar-refractivity contribution in [2.24, 2.45) is 0 Å². The highest BCUT2D eigenvalue weighted by molar-refractivity contribution is 6.00. The molecule has 4 rings (SSSR count). The number of halogens is 3. The number of hydrogen-bond donors (Lipinski definition) is 2. The van der Waals surface area contributed by atoms with Crippen molar-refractivity contribution in [3.05, 3.63) is 62.3 Å². The van der Waals surface area contributed by atoms with Crippen LogP contribution in [-0.4, -0.2) is 45.6 Å². The van der Waals surface area contributed by atoms with E-state index in [-0.39, 0.29) is 42.8 Å². The Kier molecular flexibility index (Phi) is 5.45. The van der Waals surface area contributed by atoms with Crippen LogP contribution in [0.4, 0.5) is 13.2 Å². The van der Waals surface area contributed by atoms with Crippen LogP contribution in [0.25, 0.3) is 0 Å². The molecule has 1 aromatic carbocycles. The van der Waals surface area contributed by atoms with Crippen LogP contribution in [0.1, 0.15) is 52.0 Å². The third kappa shape index (κ3) is 3.32. The van der Waals surface area contributed by atoms with E-state index in [0.29, 0.717) is 6.07 Å². The summed E-state index contributed by atoms with van der Waals surface area (Å²) in [5, 5.41) is 12.8. The third-order valence-electron chi connectivity index (χ3n) is 5.68. The average Bonchev–Trinajstić information content (AvgIpc) is 2.75. The first-order chi connectivity index (χ1) is 15.1. The van der Waals surface area contributed by atoms with Crippen molar-refractivity contribution in [1.29, 1.82) is 0 Å².